The average Bonchev–Trinajstić information content (AvgIpc) is 2.46. The molecule has 2 aromatic carbocycles. The molecule has 108 valence electrons. The first kappa shape index (κ1) is 14.1. The molecule has 1 atom stereocenters. The van der Waals surface area contributed by atoms with Gasteiger partial charge >= 0.3 is 0 Å². The highest BCUT2D eigenvalue weighted by atomic mass is 35.5. The number of anilines is 1. The van der Waals surface area contributed by atoms with Crippen LogP contribution in [0.2, 0.25) is 5.02 Å². The summed E-state index contributed by atoms with van der Waals surface area (Å²) in [6, 6.07) is 13.2. The van der Waals surface area contributed by atoms with E-state index < -0.39 is 0 Å². The predicted octanol–water partition coefficient (Wildman–Crippen LogP) is 3.41. The minimum Gasteiger partial charge on any atom is -0.327 e. The van der Waals surface area contributed by atoms with Crippen LogP contribution in [0, 0.1) is 0 Å². The molecular weight excluding hydrogens is 284 g/mol. The maximum Gasteiger partial charge on any atom is 0.255 e. The van der Waals surface area contributed by atoms with Gasteiger partial charge < -0.3 is 11.1 Å². The van der Waals surface area contributed by atoms with Crippen molar-refractivity contribution in [3.63, 3.8) is 0 Å². The van der Waals surface area contributed by atoms with Gasteiger partial charge in [-0.05, 0) is 60.7 Å². The van der Waals surface area contributed by atoms with Crippen molar-refractivity contribution in [2.45, 2.75) is 25.3 Å². The average molecular weight is 301 g/mol. The lowest BCUT2D eigenvalue weighted by molar-refractivity contribution is 0.102. The molecule has 3 N–H and O–H groups in total. The number of nitrogens with one attached hydrogen (secondary N) is 1. The number of carbonyl (C=O) groups excluding carboxylic acids is 1. The van der Waals surface area contributed by atoms with E-state index in [9.17, 15) is 4.79 Å². The molecule has 0 heterocycles. The molecule has 0 saturated heterocycles. The Bertz CT molecular complexity index is 684. The monoisotopic (exact) mass is 300 g/mol. The lowest BCUT2D eigenvalue weighted by atomic mass is 9.87. The summed E-state index contributed by atoms with van der Waals surface area (Å²) in [5.74, 6) is -0.116. The number of benzene rings is 2. The van der Waals surface area contributed by atoms with E-state index in [0.717, 1.165) is 19.3 Å². The van der Waals surface area contributed by atoms with Crippen molar-refractivity contribution in [2.24, 2.45) is 5.73 Å². The number of amides is 1. The first-order valence-corrected chi connectivity index (χ1v) is 7.44. The molecule has 0 fully saturated rings. The molecule has 0 aliphatic heterocycles. The Morgan fingerprint density at radius 2 is 2.05 bits per heavy atom. The fourth-order valence-electron chi connectivity index (χ4n) is 2.69. The van der Waals surface area contributed by atoms with Crippen LogP contribution in [0.5, 0.6) is 0 Å². The Morgan fingerprint density at radius 3 is 2.86 bits per heavy atom. The van der Waals surface area contributed by atoms with Crippen molar-refractivity contribution in [1.82, 2.24) is 0 Å². The van der Waals surface area contributed by atoms with Crippen molar-refractivity contribution >= 4 is 23.2 Å². The fourth-order valence-corrected chi connectivity index (χ4v) is 2.88. The van der Waals surface area contributed by atoms with E-state index in [0.29, 0.717) is 16.3 Å². The Kier molecular flexibility index (Phi) is 3.95. The maximum atomic E-state index is 12.3. The SMILES string of the molecule is NC1CCc2cc(C(=O)Nc3cccc(Cl)c3)ccc2C1. The van der Waals surface area contributed by atoms with E-state index in [-0.39, 0.29) is 11.9 Å². The number of fused-ring (bicyclic) bond motifs is 1. The standard InChI is InChI=1S/C17H17ClN2O/c18-14-2-1-3-16(10-14)20-17(21)13-5-4-12-9-15(19)7-6-11(12)8-13/h1-5,8,10,15H,6-7,9,19H2,(H,20,21). The molecule has 21 heavy (non-hydrogen) atoms. The zero-order valence-electron chi connectivity index (χ0n) is 11.6. The van der Waals surface area contributed by atoms with E-state index in [4.69, 9.17) is 17.3 Å². The molecule has 0 aromatic heterocycles. The molecule has 0 radical (unpaired) electrons. The van der Waals surface area contributed by atoms with Crippen molar-refractivity contribution in [3.05, 3.63) is 64.2 Å². The normalized spacial score (nSPS) is 17.1. The molecule has 1 aliphatic rings. The van der Waals surface area contributed by atoms with Gasteiger partial charge in [-0.1, -0.05) is 23.7 Å². The van der Waals surface area contributed by atoms with Gasteiger partial charge in [0.15, 0.2) is 0 Å². The summed E-state index contributed by atoms with van der Waals surface area (Å²) in [6.07, 6.45) is 2.81. The highest BCUT2D eigenvalue weighted by molar-refractivity contribution is 6.30. The van der Waals surface area contributed by atoms with Crippen molar-refractivity contribution in [2.75, 3.05) is 5.32 Å². The fraction of sp³-hybridized carbons (Fsp3) is 0.235. The molecule has 4 heteroatoms. The highest BCUT2D eigenvalue weighted by Crippen LogP contribution is 2.23. The van der Waals surface area contributed by atoms with E-state index in [1.807, 2.05) is 30.3 Å². The number of hydrogen-bond acceptors (Lipinski definition) is 2. The second-order valence-electron chi connectivity index (χ2n) is 5.45. The summed E-state index contributed by atoms with van der Waals surface area (Å²) in [7, 11) is 0. The van der Waals surface area contributed by atoms with Gasteiger partial charge in [0, 0.05) is 22.3 Å². The van der Waals surface area contributed by atoms with Gasteiger partial charge in [-0.15, -0.1) is 0 Å². The van der Waals surface area contributed by atoms with Gasteiger partial charge in [-0.3, -0.25) is 4.79 Å². The van der Waals surface area contributed by atoms with Gasteiger partial charge in [-0.2, -0.15) is 0 Å². The van der Waals surface area contributed by atoms with Crippen LogP contribution in [0.1, 0.15) is 27.9 Å². The first-order valence-electron chi connectivity index (χ1n) is 7.06. The zero-order chi connectivity index (χ0) is 14.8. The van der Waals surface area contributed by atoms with Crippen LogP contribution in [0.3, 0.4) is 0 Å². The van der Waals surface area contributed by atoms with Gasteiger partial charge in [0.25, 0.3) is 5.91 Å². The quantitative estimate of drug-likeness (QED) is 0.893. The van der Waals surface area contributed by atoms with E-state index >= 15 is 0 Å². The van der Waals surface area contributed by atoms with Crippen LogP contribution in [-0.2, 0) is 12.8 Å². The van der Waals surface area contributed by atoms with Crippen LogP contribution < -0.4 is 11.1 Å². The molecule has 0 spiro atoms. The van der Waals surface area contributed by atoms with Gasteiger partial charge in [-0.25, -0.2) is 0 Å². The Balaban J connectivity index is 1.79. The Morgan fingerprint density at radius 1 is 1.19 bits per heavy atom. The third-order valence-corrected chi connectivity index (χ3v) is 4.05. The summed E-state index contributed by atoms with van der Waals surface area (Å²) >= 11 is 5.92. The summed E-state index contributed by atoms with van der Waals surface area (Å²) in [5.41, 5.74) is 9.83. The van der Waals surface area contributed by atoms with E-state index in [2.05, 4.69) is 5.32 Å². The lowest BCUT2D eigenvalue weighted by Crippen LogP contribution is -2.28. The summed E-state index contributed by atoms with van der Waals surface area (Å²) in [4.78, 5) is 12.3. The lowest BCUT2D eigenvalue weighted by Gasteiger charge is -2.21. The molecule has 1 amide bonds. The molecule has 2 aromatic rings. The zero-order valence-corrected chi connectivity index (χ0v) is 12.4. The van der Waals surface area contributed by atoms with E-state index in [1.165, 1.54) is 11.1 Å². The predicted molar refractivity (Wildman–Crippen MR) is 85.8 cm³/mol. The number of hydrogen-bond donors (Lipinski definition) is 2. The number of rotatable bonds is 2. The second kappa shape index (κ2) is 5.88. The first-order chi connectivity index (χ1) is 10.1. The van der Waals surface area contributed by atoms with Crippen molar-refractivity contribution < 1.29 is 4.79 Å². The molecule has 1 aliphatic carbocycles. The molecular formula is C17H17ClN2O. The summed E-state index contributed by atoms with van der Waals surface area (Å²) in [6.45, 7) is 0. The molecule has 3 nitrogen and oxygen atoms in total. The number of halogens is 1. The number of aryl methyl sites for hydroxylation is 1. The van der Waals surface area contributed by atoms with Gasteiger partial charge in [0.1, 0.15) is 0 Å². The smallest absolute Gasteiger partial charge is 0.255 e. The van der Waals surface area contributed by atoms with Crippen LogP contribution >= 0.6 is 11.6 Å². The maximum absolute atomic E-state index is 12.3. The number of nitrogens with two attached hydrogens (primary N) is 1. The minimum absolute atomic E-state index is 0.116. The Labute approximate surface area is 129 Å². The molecule has 1 unspecified atom stereocenters. The minimum atomic E-state index is -0.116. The molecule has 0 saturated carbocycles. The highest BCUT2D eigenvalue weighted by Gasteiger charge is 2.17. The van der Waals surface area contributed by atoms with Gasteiger partial charge in [0.2, 0.25) is 0 Å². The molecule has 0 bridgehead atoms. The Hall–Kier alpha value is -1.84. The van der Waals surface area contributed by atoms with Gasteiger partial charge in [0.05, 0.1) is 0 Å². The van der Waals surface area contributed by atoms with Crippen molar-refractivity contribution in [3.8, 4) is 0 Å². The topological polar surface area (TPSA) is 55.1 Å². The largest absolute Gasteiger partial charge is 0.327 e. The van der Waals surface area contributed by atoms with Crippen molar-refractivity contribution in [1.29, 1.82) is 0 Å². The van der Waals surface area contributed by atoms with E-state index in [1.54, 1.807) is 12.1 Å². The summed E-state index contributed by atoms with van der Waals surface area (Å²) < 4.78 is 0. The number of carbonyl (C=O) groups is 1. The van der Waals surface area contributed by atoms with Crippen LogP contribution in [0.4, 0.5) is 5.69 Å². The third-order valence-electron chi connectivity index (χ3n) is 3.82. The third kappa shape index (κ3) is 3.26. The van der Waals surface area contributed by atoms with Crippen LogP contribution in [-0.4, -0.2) is 11.9 Å². The van der Waals surface area contributed by atoms with Crippen LogP contribution in [0.15, 0.2) is 42.5 Å². The molecule has 3 rings (SSSR count). The second-order valence-corrected chi connectivity index (χ2v) is 5.89. The summed E-state index contributed by atoms with van der Waals surface area (Å²) in [5, 5.41) is 3.47. The van der Waals surface area contributed by atoms with Crippen LogP contribution in [0.25, 0.3) is 0 Å².